The van der Waals surface area contributed by atoms with Gasteiger partial charge in [-0.15, -0.1) is 22.9 Å². The van der Waals surface area contributed by atoms with Crippen molar-refractivity contribution in [1.82, 2.24) is 19.3 Å². The van der Waals surface area contributed by atoms with Crippen molar-refractivity contribution >= 4 is 50.0 Å². The molecule has 1 unspecified atom stereocenters. The van der Waals surface area contributed by atoms with Crippen LogP contribution in [0.15, 0.2) is 15.9 Å². The predicted octanol–water partition coefficient (Wildman–Crippen LogP) is 4.50. The second-order valence-corrected chi connectivity index (χ2v) is 7.57. The Morgan fingerprint density at radius 2 is 2.24 bits per heavy atom. The maximum Gasteiger partial charge on any atom is 0.159 e. The Kier molecular flexibility index (Phi) is 4.12. The second kappa shape index (κ2) is 5.74. The molecule has 0 bridgehead atoms. The monoisotopic (exact) mass is 386 g/mol. The third-order valence-corrected chi connectivity index (χ3v) is 5.32. The van der Waals surface area contributed by atoms with E-state index in [1.165, 1.54) is 4.88 Å². The molecule has 0 aliphatic carbocycles. The molecule has 0 saturated heterocycles. The van der Waals surface area contributed by atoms with Crippen molar-refractivity contribution < 1.29 is 0 Å². The third-order valence-electron chi connectivity index (χ3n) is 3.45. The molecular weight excluding hydrogens is 372 g/mol. The summed E-state index contributed by atoms with van der Waals surface area (Å²) in [6.45, 7) is 4.82. The molecule has 0 fully saturated rings. The smallest absolute Gasteiger partial charge is 0.159 e. The maximum absolute atomic E-state index is 6.34. The molecule has 0 saturated carbocycles. The van der Waals surface area contributed by atoms with Crippen molar-refractivity contribution in [2.24, 2.45) is 7.05 Å². The zero-order chi connectivity index (χ0) is 15.1. The molecule has 0 aliphatic heterocycles. The molecule has 0 amide bonds. The number of hydrogen-bond donors (Lipinski definition) is 0. The maximum atomic E-state index is 6.34. The molecule has 3 heterocycles. The average Bonchev–Trinajstić information content (AvgIpc) is 3.07. The summed E-state index contributed by atoms with van der Waals surface area (Å²) in [4.78, 5) is 6.01. The quantitative estimate of drug-likeness (QED) is 0.618. The normalized spacial score (nSPS) is 13.2. The first-order chi connectivity index (χ1) is 10.0. The van der Waals surface area contributed by atoms with Crippen LogP contribution in [0.25, 0.3) is 11.2 Å². The molecule has 112 valence electrons. The minimum Gasteiger partial charge on any atom is -0.306 e. The first-order valence-electron chi connectivity index (χ1n) is 6.80. The van der Waals surface area contributed by atoms with Gasteiger partial charge < -0.3 is 4.57 Å². The highest BCUT2D eigenvalue weighted by molar-refractivity contribution is 9.10. The number of thiophene rings is 1. The van der Waals surface area contributed by atoms with Crippen LogP contribution in [0.2, 0.25) is 0 Å². The van der Waals surface area contributed by atoms with E-state index in [0.717, 1.165) is 40.1 Å². The van der Waals surface area contributed by atoms with Gasteiger partial charge in [-0.1, -0.05) is 6.92 Å². The van der Waals surface area contributed by atoms with Gasteiger partial charge in [0, 0.05) is 21.8 Å². The standard InChI is InChI=1S/C14H16BrClN4S/c1-4-11-12-14(19(3)18-11)20(13(17-12)8(2)16)6-10-5-9(15)7-21-10/h5,7-8H,4,6H2,1-3H3. The van der Waals surface area contributed by atoms with Gasteiger partial charge in [-0.3, -0.25) is 4.68 Å². The highest BCUT2D eigenvalue weighted by Gasteiger charge is 2.21. The molecule has 0 radical (unpaired) electrons. The highest BCUT2D eigenvalue weighted by Crippen LogP contribution is 2.29. The molecular formula is C14H16BrClN4S. The van der Waals surface area contributed by atoms with Crippen LogP contribution < -0.4 is 0 Å². The van der Waals surface area contributed by atoms with E-state index in [0.29, 0.717) is 0 Å². The molecule has 1 atom stereocenters. The van der Waals surface area contributed by atoms with E-state index in [2.05, 4.69) is 44.0 Å². The zero-order valence-electron chi connectivity index (χ0n) is 12.1. The van der Waals surface area contributed by atoms with Gasteiger partial charge in [0.25, 0.3) is 0 Å². The molecule has 3 aromatic rings. The molecule has 0 N–H and O–H groups in total. The molecule has 0 aromatic carbocycles. The van der Waals surface area contributed by atoms with Crippen LogP contribution in [-0.2, 0) is 20.0 Å². The SMILES string of the molecule is CCc1nn(C)c2c1nc(C(C)Cl)n2Cc1cc(Br)cs1. The number of aryl methyl sites for hydroxylation is 2. The summed E-state index contributed by atoms with van der Waals surface area (Å²) in [5, 5.41) is 6.52. The molecule has 21 heavy (non-hydrogen) atoms. The average molecular weight is 388 g/mol. The number of alkyl halides is 1. The molecule has 0 aliphatic rings. The van der Waals surface area contributed by atoms with Crippen molar-refractivity contribution in [2.45, 2.75) is 32.2 Å². The molecule has 0 spiro atoms. The van der Waals surface area contributed by atoms with Crippen LogP contribution in [0.4, 0.5) is 0 Å². The van der Waals surface area contributed by atoms with E-state index in [-0.39, 0.29) is 5.38 Å². The molecule has 3 rings (SSSR count). The fourth-order valence-electron chi connectivity index (χ4n) is 2.55. The fourth-order valence-corrected chi connectivity index (χ4v) is 4.15. The third kappa shape index (κ3) is 2.64. The van der Waals surface area contributed by atoms with Crippen molar-refractivity contribution in [3.05, 3.63) is 32.3 Å². The second-order valence-electron chi connectivity index (χ2n) is 5.00. The molecule has 3 aromatic heterocycles. The number of fused-ring (bicyclic) bond motifs is 1. The van der Waals surface area contributed by atoms with Crippen molar-refractivity contribution in [1.29, 1.82) is 0 Å². The number of imidazole rings is 1. The minimum absolute atomic E-state index is 0.134. The lowest BCUT2D eigenvalue weighted by Gasteiger charge is -2.09. The summed E-state index contributed by atoms with van der Waals surface area (Å²) >= 11 is 11.6. The summed E-state index contributed by atoms with van der Waals surface area (Å²) in [5.41, 5.74) is 3.04. The molecule has 4 nitrogen and oxygen atoms in total. The van der Waals surface area contributed by atoms with Crippen LogP contribution >= 0.6 is 38.9 Å². The van der Waals surface area contributed by atoms with Crippen LogP contribution in [0.1, 0.15) is 35.6 Å². The van der Waals surface area contributed by atoms with Gasteiger partial charge in [0.15, 0.2) is 5.65 Å². The lowest BCUT2D eigenvalue weighted by Crippen LogP contribution is -2.08. The number of rotatable bonds is 4. The van der Waals surface area contributed by atoms with E-state index >= 15 is 0 Å². The Labute approximate surface area is 140 Å². The van der Waals surface area contributed by atoms with E-state index < -0.39 is 0 Å². The van der Waals surface area contributed by atoms with Gasteiger partial charge >= 0.3 is 0 Å². The van der Waals surface area contributed by atoms with Gasteiger partial charge in [0.1, 0.15) is 11.3 Å². The van der Waals surface area contributed by atoms with Crippen molar-refractivity contribution in [3.63, 3.8) is 0 Å². The first-order valence-corrected chi connectivity index (χ1v) is 8.91. The summed E-state index contributed by atoms with van der Waals surface area (Å²) in [7, 11) is 1.96. The zero-order valence-corrected chi connectivity index (χ0v) is 15.3. The number of halogens is 2. The topological polar surface area (TPSA) is 35.6 Å². The van der Waals surface area contributed by atoms with E-state index in [1.807, 2.05) is 18.7 Å². The summed E-state index contributed by atoms with van der Waals surface area (Å²) in [5.74, 6) is 0.902. The Morgan fingerprint density at radius 3 is 2.81 bits per heavy atom. The van der Waals surface area contributed by atoms with Crippen LogP contribution in [0.5, 0.6) is 0 Å². The fraction of sp³-hybridized carbons (Fsp3) is 0.429. The van der Waals surface area contributed by atoms with Crippen LogP contribution in [-0.4, -0.2) is 19.3 Å². The lowest BCUT2D eigenvalue weighted by atomic mass is 10.3. The van der Waals surface area contributed by atoms with Crippen LogP contribution in [0.3, 0.4) is 0 Å². The van der Waals surface area contributed by atoms with Crippen molar-refractivity contribution in [2.75, 3.05) is 0 Å². The Hall–Kier alpha value is -0.850. The molecule has 7 heteroatoms. The lowest BCUT2D eigenvalue weighted by molar-refractivity contribution is 0.687. The van der Waals surface area contributed by atoms with Gasteiger partial charge in [0.2, 0.25) is 0 Å². The Balaban J connectivity index is 2.18. The number of hydrogen-bond acceptors (Lipinski definition) is 3. The highest BCUT2D eigenvalue weighted by atomic mass is 79.9. The van der Waals surface area contributed by atoms with Crippen molar-refractivity contribution in [3.8, 4) is 0 Å². The predicted molar refractivity (Wildman–Crippen MR) is 91.3 cm³/mol. The number of aromatic nitrogens is 4. The Bertz CT molecular complexity index is 786. The first kappa shape index (κ1) is 15.1. The summed E-state index contributed by atoms with van der Waals surface area (Å²) in [6, 6.07) is 2.14. The largest absolute Gasteiger partial charge is 0.306 e. The van der Waals surface area contributed by atoms with Gasteiger partial charge in [-0.25, -0.2) is 4.98 Å². The Morgan fingerprint density at radius 1 is 1.48 bits per heavy atom. The summed E-state index contributed by atoms with van der Waals surface area (Å²) in [6.07, 6.45) is 0.870. The van der Waals surface area contributed by atoms with E-state index in [1.54, 1.807) is 11.3 Å². The van der Waals surface area contributed by atoms with Gasteiger partial charge in [0.05, 0.1) is 17.6 Å². The van der Waals surface area contributed by atoms with Gasteiger partial charge in [-0.05, 0) is 35.3 Å². The minimum atomic E-state index is -0.134. The summed E-state index contributed by atoms with van der Waals surface area (Å²) < 4.78 is 5.20. The number of nitrogens with zero attached hydrogens (tertiary/aromatic N) is 4. The van der Waals surface area contributed by atoms with E-state index in [9.17, 15) is 0 Å². The van der Waals surface area contributed by atoms with E-state index in [4.69, 9.17) is 16.6 Å². The van der Waals surface area contributed by atoms with Gasteiger partial charge in [-0.2, -0.15) is 5.10 Å². The van der Waals surface area contributed by atoms with Crippen LogP contribution in [0, 0.1) is 0 Å².